The van der Waals surface area contributed by atoms with E-state index in [4.69, 9.17) is 4.42 Å². The minimum atomic E-state index is -0.956. The molecule has 0 aliphatic carbocycles. The zero-order chi connectivity index (χ0) is 25.8. The third-order valence-corrected chi connectivity index (χ3v) is 6.29. The molecule has 1 N–H and O–H groups in total. The van der Waals surface area contributed by atoms with Gasteiger partial charge in [-0.15, -0.1) is 5.10 Å². The van der Waals surface area contributed by atoms with Crippen LogP contribution in [0, 0.1) is 13.8 Å². The first-order chi connectivity index (χ1) is 18.0. The molecule has 3 heterocycles. The van der Waals surface area contributed by atoms with Crippen molar-refractivity contribution in [2.45, 2.75) is 33.0 Å². The van der Waals surface area contributed by atoms with Gasteiger partial charge >= 0.3 is 0 Å². The van der Waals surface area contributed by atoms with Crippen molar-refractivity contribution in [2.75, 3.05) is 4.90 Å². The molecule has 2 amide bonds. The number of hydrogen-bond donors (Lipinski definition) is 1. The molecule has 0 aliphatic heterocycles. The van der Waals surface area contributed by atoms with Gasteiger partial charge in [-0.2, -0.15) is 0 Å². The molecule has 0 aliphatic rings. The molecule has 0 saturated heterocycles. The molecular weight excluding hydrogens is 468 g/mol. The van der Waals surface area contributed by atoms with E-state index in [1.165, 1.54) is 4.90 Å². The van der Waals surface area contributed by atoms with Gasteiger partial charge in [0.15, 0.2) is 0 Å². The highest BCUT2D eigenvalue weighted by atomic mass is 16.3. The van der Waals surface area contributed by atoms with Crippen molar-refractivity contribution in [3.8, 4) is 0 Å². The molecule has 9 heteroatoms. The van der Waals surface area contributed by atoms with Gasteiger partial charge in [-0.1, -0.05) is 23.4 Å². The quantitative estimate of drug-likeness (QED) is 0.348. The minimum absolute atomic E-state index is 0.0967. The number of para-hydroxylation sites is 1. The number of aromatic nitrogens is 4. The molecule has 0 unspecified atom stereocenters. The van der Waals surface area contributed by atoms with E-state index in [9.17, 15) is 9.59 Å². The van der Waals surface area contributed by atoms with E-state index in [2.05, 4.69) is 20.6 Å². The molecule has 2 aromatic carbocycles. The number of anilines is 1. The van der Waals surface area contributed by atoms with E-state index in [1.807, 2.05) is 56.3 Å². The Labute approximate surface area is 213 Å². The second-order valence-electron chi connectivity index (χ2n) is 8.75. The number of nitrogens with one attached hydrogen (secondary N) is 1. The predicted molar refractivity (Wildman–Crippen MR) is 138 cm³/mol. The number of nitrogens with zero attached hydrogens (tertiary/aromatic N) is 5. The Morgan fingerprint density at radius 1 is 1.00 bits per heavy atom. The first-order valence-electron chi connectivity index (χ1n) is 11.9. The van der Waals surface area contributed by atoms with E-state index < -0.39 is 6.04 Å². The molecule has 9 nitrogen and oxygen atoms in total. The number of hydrogen-bond acceptors (Lipinski definition) is 6. The van der Waals surface area contributed by atoms with Crippen LogP contribution in [-0.4, -0.2) is 31.8 Å². The van der Waals surface area contributed by atoms with Gasteiger partial charge in [-0.05, 0) is 79.1 Å². The van der Waals surface area contributed by atoms with Crippen molar-refractivity contribution in [1.29, 1.82) is 0 Å². The standard InChI is InChI=1S/C28H26N6O3/c1-19-9-10-22(16-20(19)2)34(26(35)18-33-25-8-4-3-7-24(25)31-32-33)27(21-11-13-29-14-12-21)28(36)30-17-23-6-5-15-37-23/h3-16,27H,17-18H2,1-2H3,(H,30,36)/t27-/m1/s1. The summed E-state index contributed by atoms with van der Waals surface area (Å²) in [6.07, 6.45) is 4.77. The van der Waals surface area contributed by atoms with Gasteiger partial charge < -0.3 is 9.73 Å². The summed E-state index contributed by atoms with van der Waals surface area (Å²) in [6.45, 7) is 4.07. The Bertz CT molecular complexity index is 1530. The van der Waals surface area contributed by atoms with Crippen molar-refractivity contribution in [3.63, 3.8) is 0 Å². The molecule has 37 heavy (non-hydrogen) atoms. The van der Waals surface area contributed by atoms with Crippen molar-refractivity contribution < 1.29 is 14.0 Å². The van der Waals surface area contributed by atoms with E-state index in [-0.39, 0.29) is 24.9 Å². The summed E-state index contributed by atoms with van der Waals surface area (Å²) < 4.78 is 6.93. The maximum absolute atomic E-state index is 14.0. The Morgan fingerprint density at radius 2 is 1.81 bits per heavy atom. The van der Waals surface area contributed by atoms with Gasteiger partial charge in [0, 0.05) is 18.1 Å². The molecule has 0 saturated carbocycles. The molecule has 0 spiro atoms. The Hall–Kier alpha value is -4.79. The normalized spacial score (nSPS) is 11.8. The molecule has 5 rings (SSSR count). The van der Waals surface area contributed by atoms with Crippen LogP contribution < -0.4 is 10.2 Å². The average molecular weight is 495 g/mol. The zero-order valence-corrected chi connectivity index (χ0v) is 20.5. The summed E-state index contributed by atoms with van der Waals surface area (Å²) in [5, 5.41) is 11.3. The van der Waals surface area contributed by atoms with Crippen LogP contribution in [0.15, 0.2) is 89.8 Å². The summed E-state index contributed by atoms with van der Waals surface area (Å²) in [6, 6.07) is 19.2. The van der Waals surface area contributed by atoms with Crippen LogP contribution in [0.2, 0.25) is 0 Å². The third-order valence-electron chi connectivity index (χ3n) is 6.29. The first kappa shape index (κ1) is 23.9. The zero-order valence-electron chi connectivity index (χ0n) is 20.5. The number of furan rings is 1. The monoisotopic (exact) mass is 494 g/mol. The maximum atomic E-state index is 14.0. The van der Waals surface area contributed by atoms with Crippen LogP contribution in [0.5, 0.6) is 0 Å². The van der Waals surface area contributed by atoms with Gasteiger partial charge in [-0.25, -0.2) is 4.68 Å². The van der Waals surface area contributed by atoms with Crippen molar-refractivity contribution in [3.05, 3.63) is 108 Å². The van der Waals surface area contributed by atoms with Crippen molar-refractivity contribution >= 4 is 28.5 Å². The Kier molecular flexibility index (Phi) is 6.76. The summed E-state index contributed by atoms with van der Waals surface area (Å²) in [5.41, 5.74) is 4.75. The highest BCUT2D eigenvalue weighted by Crippen LogP contribution is 2.30. The highest BCUT2D eigenvalue weighted by Gasteiger charge is 2.33. The van der Waals surface area contributed by atoms with Crippen LogP contribution >= 0.6 is 0 Å². The number of amides is 2. The molecule has 0 radical (unpaired) electrons. The van der Waals surface area contributed by atoms with Crippen LogP contribution in [0.1, 0.15) is 28.5 Å². The fourth-order valence-electron chi connectivity index (χ4n) is 4.20. The van der Waals surface area contributed by atoms with Gasteiger partial charge in [-0.3, -0.25) is 19.5 Å². The van der Waals surface area contributed by atoms with Crippen LogP contribution in [-0.2, 0) is 22.7 Å². The molecular formula is C28H26N6O3. The molecule has 1 atom stereocenters. The summed E-state index contributed by atoms with van der Waals surface area (Å²) in [5.74, 6) is -0.0496. The molecule has 5 aromatic rings. The first-order valence-corrected chi connectivity index (χ1v) is 11.9. The summed E-state index contributed by atoms with van der Waals surface area (Å²) in [4.78, 5) is 33.4. The summed E-state index contributed by atoms with van der Waals surface area (Å²) >= 11 is 0. The maximum Gasteiger partial charge on any atom is 0.249 e. The lowest BCUT2D eigenvalue weighted by Crippen LogP contribution is -2.45. The number of benzene rings is 2. The minimum Gasteiger partial charge on any atom is -0.467 e. The van der Waals surface area contributed by atoms with Crippen LogP contribution in [0.3, 0.4) is 0 Å². The van der Waals surface area contributed by atoms with Gasteiger partial charge in [0.25, 0.3) is 0 Å². The van der Waals surface area contributed by atoms with E-state index >= 15 is 0 Å². The lowest BCUT2D eigenvalue weighted by molar-refractivity contribution is -0.127. The van der Waals surface area contributed by atoms with Crippen molar-refractivity contribution in [1.82, 2.24) is 25.3 Å². The van der Waals surface area contributed by atoms with Crippen LogP contribution in [0.25, 0.3) is 11.0 Å². The number of pyridine rings is 1. The smallest absolute Gasteiger partial charge is 0.249 e. The Balaban J connectivity index is 1.56. The lowest BCUT2D eigenvalue weighted by atomic mass is 10.0. The van der Waals surface area contributed by atoms with E-state index in [0.717, 1.165) is 16.6 Å². The number of aryl methyl sites for hydroxylation is 2. The Morgan fingerprint density at radius 3 is 2.57 bits per heavy atom. The number of rotatable bonds is 8. The number of carbonyl (C=O) groups excluding carboxylic acids is 2. The SMILES string of the molecule is Cc1ccc(N(C(=O)Cn2nnc3ccccc32)[C@@H](C(=O)NCc2ccco2)c2ccncc2)cc1C. The van der Waals surface area contributed by atoms with Gasteiger partial charge in [0.2, 0.25) is 11.8 Å². The number of carbonyl (C=O) groups is 2. The van der Waals surface area contributed by atoms with Gasteiger partial charge in [0.1, 0.15) is 23.9 Å². The number of fused-ring (bicyclic) bond motifs is 1. The van der Waals surface area contributed by atoms with E-state index in [0.29, 0.717) is 22.5 Å². The van der Waals surface area contributed by atoms with Crippen molar-refractivity contribution in [2.24, 2.45) is 0 Å². The highest BCUT2D eigenvalue weighted by molar-refractivity contribution is 6.01. The summed E-state index contributed by atoms with van der Waals surface area (Å²) in [7, 11) is 0. The fourth-order valence-corrected chi connectivity index (χ4v) is 4.20. The third kappa shape index (κ3) is 5.11. The fraction of sp³-hybridized carbons (Fsp3) is 0.179. The molecule has 0 bridgehead atoms. The van der Waals surface area contributed by atoms with Crippen LogP contribution in [0.4, 0.5) is 5.69 Å². The largest absolute Gasteiger partial charge is 0.467 e. The second-order valence-corrected chi connectivity index (χ2v) is 8.75. The molecule has 186 valence electrons. The predicted octanol–water partition coefficient (Wildman–Crippen LogP) is 4.13. The topological polar surface area (TPSA) is 106 Å². The average Bonchev–Trinajstić information content (AvgIpc) is 3.58. The molecule has 3 aromatic heterocycles. The van der Waals surface area contributed by atoms with E-state index in [1.54, 1.807) is 47.6 Å². The molecule has 0 fully saturated rings. The van der Waals surface area contributed by atoms with Gasteiger partial charge in [0.05, 0.1) is 18.3 Å². The lowest BCUT2D eigenvalue weighted by Gasteiger charge is -2.32. The second kappa shape index (κ2) is 10.4.